The van der Waals surface area contributed by atoms with Gasteiger partial charge in [0.1, 0.15) is 0 Å². The van der Waals surface area contributed by atoms with E-state index in [1.165, 1.54) is 19.2 Å². The molecule has 0 unspecified atom stereocenters. The van der Waals surface area contributed by atoms with Gasteiger partial charge in [0, 0.05) is 37.4 Å². The highest BCUT2D eigenvalue weighted by atomic mass is 19.4. The van der Waals surface area contributed by atoms with Crippen molar-refractivity contribution < 1.29 is 22.6 Å². The first-order valence-corrected chi connectivity index (χ1v) is 6.31. The van der Waals surface area contributed by atoms with Crippen molar-refractivity contribution in [1.82, 2.24) is 5.32 Å². The smallest absolute Gasteiger partial charge is 0.493 e. The summed E-state index contributed by atoms with van der Waals surface area (Å²) >= 11 is 0. The molecule has 0 saturated carbocycles. The van der Waals surface area contributed by atoms with Crippen molar-refractivity contribution >= 4 is 5.69 Å². The largest absolute Gasteiger partial charge is 0.573 e. The van der Waals surface area contributed by atoms with Gasteiger partial charge in [0.25, 0.3) is 0 Å². The Kier molecular flexibility index (Phi) is 4.27. The molecule has 1 heterocycles. The van der Waals surface area contributed by atoms with Gasteiger partial charge in [0.15, 0.2) is 11.5 Å². The summed E-state index contributed by atoms with van der Waals surface area (Å²) in [6, 6.07) is 4.88. The van der Waals surface area contributed by atoms with Crippen molar-refractivity contribution in [2.24, 2.45) is 0 Å². The lowest BCUT2D eigenvalue weighted by Gasteiger charge is -2.34. The van der Waals surface area contributed by atoms with E-state index in [0.717, 1.165) is 19.6 Å². The van der Waals surface area contributed by atoms with E-state index in [0.29, 0.717) is 5.69 Å². The standard InChI is InChI=1S/C13H17F3N2O2/c1-9-8-18(6-5-17-9)10-3-4-11(19-2)12(7-10)20-13(14,15)16/h3-4,7,9,17H,5-6,8H2,1-2H3/t9-/m1/s1. The second kappa shape index (κ2) is 5.78. The van der Waals surface area contributed by atoms with Gasteiger partial charge in [-0.1, -0.05) is 0 Å². The minimum Gasteiger partial charge on any atom is -0.493 e. The Morgan fingerprint density at radius 3 is 2.65 bits per heavy atom. The van der Waals surface area contributed by atoms with Gasteiger partial charge < -0.3 is 19.7 Å². The molecule has 7 heteroatoms. The molecule has 2 rings (SSSR count). The molecule has 0 amide bonds. The Balaban J connectivity index is 2.24. The quantitative estimate of drug-likeness (QED) is 0.927. The van der Waals surface area contributed by atoms with E-state index in [2.05, 4.69) is 10.1 Å². The zero-order valence-corrected chi connectivity index (χ0v) is 11.3. The predicted molar refractivity (Wildman–Crippen MR) is 69.4 cm³/mol. The third-order valence-corrected chi connectivity index (χ3v) is 3.11. The van der Waals surface area contributed by atoms with Crippen LogP contribution in [0.25, 0.3) is 0 Å². The fraction of sp³-hybridized carbons (Fsp3) is 0.538. The van der Waals surface area contributed by atoms with Crippen LogP contribution in [0, 0.1) is 0 Å². The Hall–Kier alpha value is -1.63. The molecule has 1 aliphatic rings. The maximum atomic E-state index is 12.4. The third kappa shape index (κ3) is 3.69. The number of alkyl halides is 3. The van der Waals surface area contributed by atoms with E-state index in [1.54, 1.807) is 6.07 Å². The van der Waals surface area contributed by atoms with Crippen LogP contribution in [0.2, 0.25) is 0 Å². The lowest BCUT2D eigenvalue weighted by Crippen LogP contribution is -2.49. The topological polar surface area (TPSA) is 33.7 Å². The fourth-order valence-electron chi connectivity index (χ4n) is 2.23. The number of piperazine rings is 1. The van der Waals surface area contributed by atoms with Gasteiger partial charge in [0.2, 0.25) is 0 Å². The summed E-state index contributed by atoms with van der Waals surface area (Å²) in [6.45, 7) is 4.30. The summed E-state index contributed by atoms with van der Waals surface area (Å²) in [5, 5.41) is 3.28. The Bertz CT molecular complexity index is 465. The number of ether oxygens (including phenoxy) is 2. The minimum absolute atomic E-state index is 0.0641. The van der Waals surface area contributed by atoms with E-state index < -0.39 is 6.36 Å². The van der Waals surface area contributed by atoms with Crippen LogP contribution in [0.15, 0.2) is 18.2 Å². The zero-order chi connectivity index (χ0) is 14.8. The number of benzene rings is 1. The van der Waals surface area contributed by atoms with Crippen molar-refractivity contribution in [3.8, 4) is 11.5 Å². The number of halogens is 3. The van der Waals surface area contributed by atoms with Gasteiger partial charge in [-0.2, -0.15) is 0 Å². The van der Waals surface area contributed by atoms with Gasteiger partial charge in [-0.25, -0.2) is 0 Å². The molecule has 1 atom stereocenters. The van der Waals surface area contributed by atoms with Crippen molar-refractivity contribution in [2.75, 3.05) is 31.6 Å². The summed E-state index contributed by atoms with van der Waals surface area (Å²) in [4.78, 5) is 2.02. The van der Waals surface area contributed by atoms with Crippen molar-refractivity contribution in [3.05, 3.63) is 18.2 Å². The van der Waals surface area contributed by atoms with Crippen LogP contribution in [0.3, 0.4) is 0 Å². The summed E-state index contributed by atoms with van der Waals surface area (Å²) < 4.78 is 46.1. The van der Waals surface area contributed by atoms with Gasteiger partial charge in [-0.3, -0.25) is 0 Å². The minimum atomic E-state index is -4.73. The SMILES string of the molecule is COc1ccc(N2CCN[C@H](C)C2)cc1OC(F)(F)F. The molecule has 0 radical (unpaired) electrons. The second-order valence-electron chi connectivity index (χ2n) is 4.68. The molecule has 1 aliphatic heterocycles. The molecule has 1 aromatic rings. The van der Waals surface area contributed by atoms with Crippen LogP contribution < -0.4 is 19.7 Å². The summed E-state index contributed by atoms with van der Waals surface area (Å²) in [6.07, 6.45) is -4.73. The van der Waals surface area contributed by atoms with E-state index in [1.807, 2.05) is 11.8 Å². The molecule has 1 fully saturated rings. The molecule has 0 spiro atoms. The first kappa shape index (κ1) is 14.8. The van der Waals surface area contributed by atoms with Crippen LogP contribution in [-0.4, -0.2) is 39.1 Å². The van der Waals surface area contributed by atoms with Crippen LogP contribution in [-0.2, 0) is 0 Å². The maximum absolute atomic E-state index is 12.4. The molecule has 0 aromatic heterocycles. The average molecular weight is 290 g/mol. The summed E-state index contributed by atoms with van der Waals surface area (Å²) in [7, 11) is 1.31. The number of hydrogen-bond donors (Lipinski definition) is 1. The molecule has 4 nitrogen and oxygen atoms in total. The van der Waals surface area contributed by atoms with Crippen molar-refractivity contribution in [2.45, 2.75) is 19.3 Å². The van der Waals surface area contributed by atoms with Crippen LogP contribution in [0.4, 0.5) is 18.9 Å². The average Bonchev–Trinajstić information content (AvgIpc) is 2.37. The molecule has 1 saturated heterocycles. The Labute approximate surface area is 115 Å². The summed E-state index contributed by atoms with van der Waals surface area (Å²) in [5.41, 5.74) is 0.693. The van der Waals surface area contributed by atoms with Crippen LogP contribution in [0.5, 0.6) is 11.5 Å². The van der Waals surface area contributed by atoms with Gasteiger partial charge >= 0.3 is 6.36 Å². The number of methoxy groups -OCH3 is 1. The fourth-order valence-corrected chi connectivity index (χ4v) is 2.23. The Morgan fingerprint density at radius 2 is 2.05 bits per heavy atom. The molecule has 1 N–H and O–H groups in total. The predicted octanol–water partition coefficient (Wildman–Crippen LogP) is 2.39. The van der Waals surface area contributed by atoms with E-state index in [9.17, 15) is 13.2 Å². The molecule has 0 bridgehead atoms. The normalized spacial score (nSPS) is 19.9. The number of rotatable bonds is 3. The number of nitrogens with one attached hydrogen (secondary N) is 1. The number of hydrogen-bond acceptors (Lipinski definition) is 4. The van der Waals surface area contributed by atoms with Crippen molar-refractivity contribution in [1.29, 1.82) is 0 Å². The highest BCUT2D eigenvalue weighted by Gasteiger charge is 2.33. The van der Waals surface area contributed by atoms with E-state index in [4.69, 9.17) is 4.74 Å². The van der Waals surface area contributed by atoms with Crippen LogP contribution >= 0.6 is 0 Å². The zero-order valence-electron chi connectivity index (χ0n) is 11.3. The summed E-state index contributed by atoms with van der Waals surface area (Å²) in [5.74, 6) is -0.252. The highest BCUT2D eigenvalue weighted by Crippen LogP contribution is 2.35. The lowest BCUT2D eigenvalue weighted by molar-refractivity contribution is -0.275. The monoisotopic (exact) mass is 290 g/mol. The van der Waals surface area contributed by atoms with Crippen molar-refractivity contribution in [3.63, 3.8) is 0 Å². The molecule has 0 aliphatic carbocycles. The molecule has 112 valence electrons. The van der Waals surface area contributed by atoms with E-state index in [-0.39, 0.29) is 17.5 Å². The molecule has 1 aromatic carbocycles. The van der Waals surface area contributed by atoms with Gasteiger partial charge in [-0.05, 0) is 19.1 Å². The van der Waals surface area contributed by atoms with E-state index >= 15 is 0 Å². The Morgan fingerprint density at radius 1 is 1.30 bits per heavy atom. The highest BCUT2D eigenvalue weighted by molar-refractivity contribution is 5.56. The third-order valence-electron chi connectivity index (χ3n) is 3.11. The van der Waals surface area contributed by atoms with Gasteiger partial charge in [0.05, 0.1) is 7.11 Å². The molecule has 20 heavy (non-hydrogen) atoms. The molecular weight excluding hydrogens is 273 g/mol. The first-order chi connectivity index (χ1) is 9.39. The van der Waals surface area contributed by atoms with Gasteiger partial charge in [-0.15, -0.1) is 13.2 Å². The lowest BCUT2D eigenvalue weighted by atomic mass is 10.2. The first-order valence-electron chi connectivity index (χ1n) is 6.31. The number of anilines is 1. The maximum Gasteiger partial charge on any atom is 0.573 e. The van der Waals surface area contributed by atoms with Crippen LogP contribution in [0.1, 0.15) is 6.92 Å². The molecular formula is C13H17F3N2O2. The number of nitrogens with zero attached hydrogens (tertiary/aromatic N) is 1. The second-order valence-corrected chi connectivity index (χ2v) is 4.68.